The van der Waals surface area contributed by atoms with Crippen LogP contribution in [-0.4, -0.2) is 44.3 Å². The van der Waals surface area contributed by atoms with Gasteiger partial charge in [-0.2, -0.15) is 0 Å². The van der Waals surface area contributed by atoms with Crippen LogP contribution in [0.4, 0.5) is 5.69 Å². The summed E-state index contributed by atoms with van der Waals surface area (Å²) in [7, 11) is 0. The second-order valence-corrected chi connectivity index (χ2v) is 6.05. The van der Waals surface area contributed by atoms with Crippen molar-refractivity contribution in [1.82, 2.24) is 4.90 Å². The van der Waals surface area contributed by atoms with Crippen molar-refractivity contribution in [1.29, 1.82) is 0 Å². The summed E-state index contributed by atoms with van der Waals surface area (Å²) in [5.74, 6) is 0. The predicted octanol–water partition coefficient (Wildman–Crippen LogP) is 3.42. The fraction of sp³-hybridized carbons (Fsp3) is 0.400. The third kappa shape index (κ3) is 5.08. The van der Waals surface area contributed by atoms with Crippen molar-refractivity contribution in [3.8, 4) is 0 Å². The highest BCUT2D eigenvalue weighted by atomic mass is 16.5. The maximum absolute atomic E-state index is 5.42. The number of para-hydroxylation sites is 1. The summed E-state index contributed by atoms with van der Waals surface area (Å²) in [6, 6.07) is 21.5. The van der Waals surface area contributed by atoms with Crippen LogP contribution in [0.1, 0.15) is 12.0 Å². The van der Waals surface area contributed by atoms with Crippen molar-refractivity contribution in [2.45, 2.75) is 13.0 Å². The van der Waals surface area contributed by atoms with Crippen LogP contribution >= 0.6 is 0 Å². The Morgan fingerprint density at radius 1 is 0.870 bits per heavy atom. The summed E-state index contributed by atoms with van der Waals surface area (Å²) in [6.07, 6.45) is 1.18. The van der Waals surface area contributed by atoms with E-state index >= 15 is 0 Å². The largest absolute Gasteiger partial charge is 0.379 e. The molecule has 0 radical (unpaired) electrons. The van der Waals surface area contributed by atoms with Gasteiger partial charge in [-0.05, 0) is 24.1 Å². The smallest absolute Gasteiger partial charge is 0.0594 e. The molecule has 2 aromatic carbocycles. The molecule has 0 amide bonds. The number of benzene rings is 2. The van der Waals surface area contributed by atoms with E-state index in [1.165, 1.54) is 17.7 Å². The molecule has 0 aliphatic carbocycles. The zero-order chi connectivity index (χ0) is 15.7. The Morgan fingerprint density at radius 3 is 2.22 bits per heavy atom. The number of rotatable bonds is 7. The van der Waals surface area contributed by atoms with Crippen molar-refractivity contribution in [3.05, 3.63) is 66.2 Å². The number of morpholine rings is 1. The summed E-state index contributed by atoms with van der Waals surface area (Å²) in [5.41, 5.74) is 2.67. The molecule has 0 saturated carbocycles. The lowest BCUT2D eigenvalue weighted by atomic mass is 10.2. The zero-order valence-electron chi connectivity index (χ0n) is 13.7. The van der Waals surface area contributed by atoms with Crippen LogP contribution in [0.3, 0.4) is 0 Å². The average Bonchev–Trinajstić information content (AvgIpc) is 2.63. The highest BCUT2D eigenvalue weighted by Crippen LogP contribution is 2.17. The van der Waals surface area contributed by atoms with Crippen LogP contribution < -0.4 is 4.90 Å². The molecule has 0 bridgehead atoms. The van der Waals surface area contributed by atoms with E-state index in [9.17, 15) is 0 Å². The van der Waals surface area contributed by atoms with E-state index in [2.05, 4.69) is 70.5 Å². The van der Waals surface area contributed by atoms with Crippen LogP contribution in [0.25, 0.3) is 0 Å². The van der Waals surface area contributed by atoms with Crippen molar-refractivity contribution >= 4 is 5.69 Å². The topological polar surface area (TPSA) is 15.7 Å². The molecule has 0 unspecified atom stereocenters. The third-order valence-corrected chi connectivity index (χ3v) is 4.34. The van der Waals surface area contributed by atoms with Crippen LogP contribution in [0.15, 0.2) is 60.7 Å². The van der Waals surface area contributed by atoms with Crippen LogP contribution in [-0.2, 0) is 11.3 Å². The van der Waals surface area contributed by atoms with Gasteiger partial charge in [-0.25, -0.2) is 0 Å². The fourth-order valence-corrected chi connectivity index (χ4v) is 3.05. The maximum Gasteiger partial charge on any atom is 0.0594 e. The number of hydrogen-bond acceptors (Lipinski definition) is 3. The summed E-state index contributed by atoms with van der Waals surface area (Å²) in [6.45, 7) is 7.11. The van der Waals surface area contributed by atoms with E-state index in [4.69, 9.17) is 4.74 Å². The monoisotopic (exact) mass is 310 g/mol. The van der Waals surface area contributed by atoms with Gasteiger partial charge in [0.15, 0.2) is 0 Å². The summed E-state index contributed by atoms with van der Waals surface area (Å²) in [4.78, 5) is 4.99. The van der Waals surface area contributed by atoms with Gasteiger partial charge in [-0.1, -0.05) is 48.5 Å². The van der Waals surface area contributed by atoms with E-state index in [0.29, 0.717) is 0 Å². The summed E-state index contributed by atoms with van der Waals surface area (Å²) < 4.78 is 5.42. The summed E-state index contributed by atoms with van der Waals surface area (Å²) in [5, 5.41) is 0. The average molecular weight is 310 g/mol. The molecule has 1 aliphatic heterocycles. The lowest BCUT2D eigenvalue weighted by molar-refractivity contribution is 0.0376. The second kappa shape index (κ2) is 8.70. The van der Waals surface area contributed by atoms with E-state index in [-0.39, 0.29) is 0 Å². The Bertz CT molecular complexity index is 552. The molecule has 1 saturated heterocycles. The van der Waals surface area contributed by atoms with Crippen LogP contribution in [0.5, 0.6) is 0 Å². The third-order valence-electron chi connectivity index (χ3n) is 4.34. The fourth-order valence-electron chi connectivity index (χ4n) is 3.05. The number of nitrogens with zero attached hydrogens (tertiary/aromatic N) is 2. The Labute approximate surface area is 139 Å². The molecular weight excluding hydrogens is 284 g/mol. The second-order valence-electron chi connectivity index (χ2n) is 6.05. The van der Waals surface area contributed by atoms with E-state index in [0.717, 1.165) is 45.9 Å². The molecule has 1 fully saturated rings. The number of ether oxygens (including phenoxy) is 1. The highest BCUT2D eigenvalue weighted by Gasteiger charge is 2.11. The first-order valence-electron chi connectivity index (χ1n) is 8.56. The molecule has 1 heterocycles. The SMILES string of the molecule is c1ccc(CN(CCCN2CCOCC2)c2ccccc2)cc1. The first kappa shape index (κ1) is 16.0. The van der Waals surface area contributed by atoms with E-state index in [1.54, 1.807) is 0 Å². The number of anilines is 1. The molecule has 122 valence electrons. The molecule has 3 rings (SSSR count). The van der Waals surface area contributed by atoms with Crippen LogP contribution in [0.2, 0.25) is 0 Å². The Balaban J connectivity index is 1.58. The van der Waals surface area contributed by atoms with Crippen molar-refractivity contribution in [3.63, 3.8) is 0 Å². The van der Waals surface area contributed by atoms with Gasteiger partial charge < -0.3 is 9.64 Å². The summed E-state index contributed by atoms with van der Waals surface area (Å²) >= 11 is 0. The minimum Gasteiger partial charge on any atom is -0.379 e. The minimum atomic E-state index is 0.881. The van der Waals surface area contributed by atoms with Gasteiger partial charge in [0.25, 0.3) is 0 Å². The van der Waals surface area contributed by atoms with Crippen LogP contribution in [0, 0.1) is 0 Å². The Morgan fingerprint density at radius 2 is 1.52 bits per heavy atom. The predicted molar refractivity (Wildman–Crippen MR) is 95.8 cm³/mol. The van der Waals surface area contributed by atoms with Gasteiger partial charge in [-0.15, -0.1) is 0 Å². The van der Waals surface area contributed by atoms with Crippen molar-refractivity contribution in [2.75, 3.05) is 44.3 Å². The van der Waals surface area contributed by atoms with E-state index in [1.807, 2.05) is 0 Å². The Kier molecular flexibility index (Phi) is 6.07. The molecular formula is C20H26N2O. The van der Waals surface area contributed by atoms with Gasteiger partial charge in [0.05, 0.1) is 13.2 Å². The van der Waals surface area contributed by atoms with Crippen molar-refractivity contribution < 1.29 is 4.74 Å². The maximum atomic E-state index is 5.42. The number of hydrogen-bond donors (Lipinski definition) is 0. The first-order chi connectivity index (χ1) is 11.4. The van der Waals surface area contributed by atoms with Crippen molar-refractivity contribution in [2.24, 2.45) is 0 Å². The minimum absolute atomic E-state index is 0.881. The molecule has 0 spiro atoms. The quantitative estimate of drug-likeness (QED) is 0.779. The lowest BCUT2D eigenvalue weighted by Crippen LogP contribution is -2.38. The normalized spacial score (nSPS) is 15.5. The van der Waals surface area contributed by atoms with Gasteiger partial charge in [-0.3, -0.25) is 4.90 Å². The molecule has 2 aromatic rings. The zero-order valence-corrected chi connectivity index (χ0v) is 13.7. The van der Waals surface area contributed by atoms with Gasteiger partial charge in [0.2, 0.25) is 0 Å². The molecule has 23 heavy (non-hydrogen) atoms. The molecule has 0 aromatic heterocycles. The molecule has 3 heteroatoms. The van der Waals surface area contributed by atoms with Gasteiger partial charge in [0, 0.05) is 38.4 Å². The molecule has 0 atom stereocenters. The van der Waals surface area contributed by atoms with E-state index < -0.39 is 0 Å². The lowest BCUT2D eigenvalue weighted by Gasteiger charge is -2.29. The Hall–Kier alpha value is -1.84. The molecule has 0 N–H and O–H groups in total. The standard InChI is InChI=1S/C20H26N2O/c1-3-8-19(9-4-1)18-22(20-10-5-2-6-11-20)13-7-12-21-14-16-23-17-15-21/h1-6,8-11H,7,12-18H2. The van der Waals surface area contributed by atoms with Gasteiger partial charge in [0.1, 0.15) is 0 Å². The first-order valence-corrected chi connectivity index (χ1v) is 8.56. The molecule has 3 nitrogen and oxygen atoms in total. The molecule has 1 aliphatic rings. The highest BCUT2D eigenvalue weighted by molar-refractivity contribution is 5.46. The van der Waals surface area contributed by atoms with Gasteiger partial charge >= 0.3 is 0 Å².